The molecule has 0 saturated heterocycles. The van der Waals surface area contributed by atoms with Crippen molar-refractivity contribution in [3.05, 3.63) is 53.3 Å². The molecule has 2 rings (SSSR count). The van der Waals surface area contributed by atoms with Gasteiger partial charge in [0, 0.05) is 36.1 Å². The molecule has 0 atom stereocenters. The van der Waals surface area contributed by atoms with Crippen molar-refractivity contribution in [1.29, 1.82) is 0 Å². The quantitative estimate of drug-likeness (QED) is 0.539. The molecule has 1 aromatic carbocycles. The summed E-state index contributed by atoms with van der Waals surface area (Å²) in [4.78, 5) is 22.2. The second kappa shape index (κ2) is 10.3. The Morgan fingerprint density at radius 3 is 2.54 bits per heavy atom. The Hall–Kier alpha value is -2.45. The van der Waals surface area contributed by atoms with E-state index < -0.39 is 11.9 Å². The number of halogens is 2. The Morgan fingerprint density at radius 1 is 1.29 bits per heavy atom. The van der Waals surface area contributed by atoms with E-state index in [0.29, 0.717) is 17.1 Å². The van der Waals surface area contributed by atoms with Gasteiger partial charge in [-0.1, -0.05) is 17.7 Å². The lowest BCUT2D eigenvalue weighted by Gasteiger charge is -2.08. The van der Waals surface area contributed by atoms with Crippen LogP contribution in [0.2, 0.25) is 5.02 Å². The van der Waals surface area contributed by atoms with Gasteiger partial charge in [-0.2, -0.15) is 0 Å². The van der Waals surface area contributed by atoms with Crippen LogP contribution in [0.1, 0.15) is 12.0 Å². The highest BCUT2D eigenvalue weighted by molar-refractivity contribution is 6.31. The van der Waals surface area contributed by atoms with E-state index in [1.165, 1.54) is 6.07 Å². The van der Waals surface area contributed by atoms with Gasteiger partial charge in [0.15, 0.2) is 0 Å². The average Bonchev–Trinajstić information content (AvgIpc) is 3.03. The summed E-state index contributed by atoms with van der Waals surface area (Å²) in [5.41, 5.74) is 0.529. The first-order chi connectivity index (χ1) is 11.4. The van der Waals surface area contributed by atoms with Gasteiger partial charge in [0.25, 0.3) is 0 Å². The van der Waals surface area contributed by atoms with E-state index >= 15 is 0 Å². The number of benzene rings is 1. The Morgan fingerprint density at radius 2 is 2.00 bits per heavy atom. The highest BCUT2D eigenvalue weighted by Gasteiger charge is 2.05. The number of aromatic nitrogens is 2. The Labute approximate surface area is 142 Å². The van der Waals surface area contributed by atoms with E-state index in [4.69, 9.17) is 31.4 Å². The SMILES string of the molecule is Fc1cccc(Cl)c1CNCCCn1ccnc1.O=C(O)C(=O)O. The van der Waals surface area contributed by atoms with E-state index in [9.17, 15) is 4.39 Å². The van der Waals surface area contributed by atoms with Gasteiger partial charge in [-0.15, -0.1) is 0 Å². The van der Waals surface area contributed by atoms with Crippen molar-refractivity contribution in [2.45, 2.75) is 19.5 Å². The molecule has 0 unspecified atom stereocenters. The van der Waals surface area contributed by atoms with Crippen LogP contribution in [0.15, 0.2) is 36.9 Å². The fourth-order valence-corrected chi connectivity index (χ4v) is 1.95. The fraction of sp³-hybridized carbons (Fsp3) is 0.267. The summed E-state index contributed by atoms with van der Waals surface area (Å²) >= 11 is 5.93. The molecule has 0 aliphatic rings. The third kappa shape index (κ3) is 7.21. The number of hydrogen-bond acceptors (Lipinski definition) is 4. The molecule has 0 aliphatic heterocycles. The monoisotopic (exact) mass is 357 g/mol. The van der Waals surface area contributed by atoms with E-state index in [1.807, 2.05) is 10.8 Å². The molecule has 2 aromatic rings. The Kier molecular flexibility index (Phi) is 8.45. The van der Waals surface area contributed by atoms with Crippen LogP contribution in [0.3, 0.4) is 0 Å². The predicted octanol–water partition coefficient (Wildman–Crippen LogP) is 2.01. The summed E-state index contributed by atoms with van der Waals surface area (Å²) in [7, 11) is 0. The summed E-state index contributed by atoms with van der Waals surface area (Å²) in [5, 5.41) is 18.4. The maximum Gasteiger partial charge on any atom is 0.414 e. The van der Waals surface area contributed by atoms with Gasteiger partial charge in [-0.3, -0.25) is 0 Å². The Balaban J connectivity index is 0.000000413. The van der Waals surface area contributed by atoms with Gasteiger partial charge in [0.2, 0.25) is 0 Å². The molecule has 0 bridgehead atoms. The van der Waals surface area contributed by atoms with Crippen molar-refractivity contribution >= 4 is 23.5 Å². The summed E-state index contributed by atoms with van der Waals surface area (Å²) in [6.45, 7) is 2.16. The fourth-order valence-electron chi connectivity index (χ4n) is 1.72. The standard InChI is InChI=1S/C13H15ClFN3.C2H2O4/c14-12-3-1-4-13(15)11(12)9-16-5-2-7-18-8-6-17-10-18;3-1(4)2(5)6/h1,3-4,6,8,10,16H,2,5,7,9H2;(H,3,4)(H,5,6). The molecule has 7 nitrogen and oxygen atoms in total. The van der Waals surface area contributed by atoms with Gasteiger partial charge in [-0.05, 0) is 25.1 Å². The second-order valence-corrected chi connectivity index (χ2v) is 5.05. The first kappa shape index (κ1) is 19.6. The number of aryl methyl sites for hydroxylation is 1. The van der Waals surface area contributed by atoms with Crippen molar-refractivity contribution in [1.82, 2.24) is 14.9 Å². The number of rotatable bonds is 6. The van der Waals surface area contributed by atoms with Crippen LogP contribution in [-0.4, -0.2) is 38.2 Å². The average molecular weight is 358 g/mol. The number of nitrogens with one attached hydrogen (secondary N) is 1. The number of carbonyl (C=O) groups is 2. The molecular weight excluding hydrogens is 341 g/mol. The predicted molar refractivity (Wildman–Crippen MR) is 85.2 cm³/mol. The van der Waals surface area contributed by atoms with Gasteiger partial charge < -0.3 is 20.1 Å². The number of carboxylic acids is 2. The number of nitrogens with zero attached hydrogens (tertiary/aromatic N) is 2. The van der Waals surface area contributed by atoms with Crippen LogP contribution >= 0.6 is 11.6 Å². The van der Waals surface area contributed by atoms with Gasteiger partial charge in [-0.25, -0.2) is 19.0 Å². The molecule has 1 heterocycles. The maximum atomic E-state index is 13.4. The van der Waals surface area contributed by atoms with Crippen LogP contribution in [-0.2, 0) is 22.7 Å². The highest BCUT2D eigenvalue weighted by atomic mass is 35.5. The van der Waals surface area contributed by atoms with Crippen molar-refractivity contribution in [3.8, 4) is 0 Å². The van der Waals surface area contributed by atoms with Crippen LogP contribution in [0.5, 0.6) is 0 Å². The van der Waals surface area contributed by atoms with Gasteiger partial charge >= 0.3 is 11.9 Å². The summed E-state index contributed by atoms with van der Waals surface area (Å²) in [6, 6.07) is 4.74. The zero-order valence-electron chi connectivity index (χ0n) is 12.7. The van der Waals surface area contributed by atoms with E-state index in [0.717, 1.165) is 19.5 Å². The van der Waals surface area contributed by atoms with Crippen LogP contribution < -0.4 is 5.32 Å². The van der Waals surface area contributed by atoms with Crippen molar-refractivity contribution in [3.63, 3.8) is 0 Å². The smallest absolute Gasteiger partial charge is 0.414 e. The molecule has 0 spiro atoms. The van der Waals surface area contributed by atoms with Crippen LogP contribution in [0, 0.1) is 5.82 Å². The minimum atomic E-state index is -1.82. The first-order valence-electron chi connectivity index (χ1n) is 6.97. The largest absolute Gasteiger partial charge is 0.473 e. The lowest BCUT2D eigenvalue weighted by atomic mass is 10.2. The zero-order chi connectivity index (χ0) is 17.9. The molecule has 0 saturated carbocycles. The number of hydrogen-bond donors (Lipinski definition) is 3. The minimum absolute atomic E-state index is 0.260. The maximum absolute atomic E-state index is 13.4. The van der Waals surface area contributed by atoms with Crippen molar-refractivity contribution in [2.24, 2.45) is 0 Å². The lowest BCUT2D eigenvalue weighted by Crippen LogP contribution is -2.17. The molecular formula is C15H17ClFN3O4. The summed E-state index contributed by atoms with van der Waals surface area (Å²) in [5.74, 6) is -3.91. The molecule has 3 N–H and O–H groups in total. The Bertz CT molecular complexity index is 632. The molecule has 0 fully saturated rings. The van der Waals surface area contributed by atoms with Gasteiger partial charge in [0.1, 0.15) is 5.82 Å². The van der Waals surface area contributed by atoms with Crippen LogP contribution in [0.25, 0.3) is 0 Å². The molecule has 0 aliphatic carbocycles. The molecule has 0 radical (unpaired) electrons. The minimum Gasteiger partial charge on any atom is -0.473 e. The van der Waals surface area contributed by atoms with Crippen LogP contribution in [0.4, 0.5) is 4.39 Å². The molecule has 24 heavy (non-hydrogen) atoms. The number of imidazole rings is 1. The molecule has 0 amide bonds. The first-order valence-corrected chi connectivity index (χ1v) is 7.35. The summed E-state index contributed by atoms with van der Waals surface area (Å²) < 4.78 is 15.5. The third-order valence-electron chi connectivity index (χ3n) is 2.88. The van der Waals surface area contributed by atoms with E-state index in [-0.39, 0.29) is 5.82 Å². The lowest BCUT2D eigenvalue weighted by molar-refractivity contribution is -0.159. The normalized spacial score (nSPS) is 9.92. The van der Waals surface area contributed by atoms with Crippen molar-refractivity contribution < 1.29 is 24.2 Å². The van der Waals surface area contributed by atoms with Crippen molar-refractivity contribution in [2.75, 3.05) is 6.54 Å². The van der Waals surface area contributed by atoms with E-state index in [1.54, 1.807) is 24.7 Å². The third-order valence-corrected chi connectivity index (χ3v) is 3.23. The molecule has 130 valence electrons. The zero-order valence-corrected chi connectivity index (χ0v) is 13.4. The summed E-state index contributed by atoms with van der Waals surface area (Å²) in [6.07, 6.45) is 6.43. The van der Waals surface area contributed by atoms with E-state index in [2.05, 4.69) is 10.3 Å². The molecule has 9 heteroatoms. The van der Waals surface area contributed by atoms with Gasteiger partial charge in [0.05, 0.1) is 6.33 Å². The topological polar surface area (TPSA) is 104 Å². The molecule has 1 aromatic heterocycles. The number of aliphatic carboxylic acids is 2. The number of carboxylic acid groups (broad SMARTS) is 2. The second-order valence-electron chi connectivity index (χ2n) is 4.64. The highest BCUT2D eigenvalue weighted by Crippen LogP contribution is 2.18.